The van der Waals surface area contributed by atoms with Gasteiger partial charge in [-0.2, -0.15) is 0 Å². The second kappa shape index (κ2) is 4.71. The molecular formula is C13H23N2P. The molecule has 90 valence electrons. The van der Waals surface area contributed by atoms with Gasteiger partial charge in [-0.05, 0) is 12.1 Å². The molecule has 16 heavy (non-hydrogen) atoms. The van der Waals surface area contributed by atoms with E-state index in [9.17, 15) is 0 Å². The van der Waals surface area contributed by atoms with Gasteiger partial charge in [-0.25, -0.2) is 4.98 Å². The van der Waals surface area contributed by atoms with Gasteiger partial charge >= 0.3 is 0 Å². The molecule has 2 nitrogen and oxygen atoms in total. The van der Waals surface area contributed by atoms with E-state index in [0.29, 0.717) is 0 Å². The molecule has 0 bridgehead atoms. The van der Waals surface area contributed by atoms with Gasteiger partial charge in [-0.3, -0.25) is 0 Å². The summed E-state index contributed by atoms with van der Waals surface area (Å²) < 4.78 is 0. The van der Waals surface area contributed by atoms with Crippen LogP contribution < -0.4 is 5.09 Å². The molecule has 0 spiro atoms. The third-order valence-corrected chi connectivity index (χ3v) is 5.37. The fourth-order valence-electron chi connectivity index (χ4n) is 1.89. The summed E-state index contributed by atoms with van der Waals surface area (Å²) in [5, 5.41) is 4.15. The maximum Gasteiger partial charge on any atom is 0.129 e. The molecule has 0 aromatic carbocycles. The molecule has 0 aliphatic rings. The average Bonchev–Trinajstić information content (AvgIpc) is 2.12. The number of anilines is 1. The van der Waals surface area contributed by atoms with E-state index in [1.165, 1.54) is 0 Å². The van der Waals surface area contributed by atoms with Crippen molar-refractivity contribution in [3.8, 4) is 0 Å². The van der Waals surface area contributed by atoms with Crippen molar-refractivity contribution in [2.45, 2.75) is 51.9 Å². The molecule has 0 amide bonds. The van der Waals surface area contributed by atoms with Crippen LogP contribution in [0.3, 0.4) is 0 Å². The first-order valence-electron chi connectivity index (χ1n) is 5.69. The van der Waals surface area contributed by atoms with E-state index < -0.39 is 0 Å². The summed E-state index contributed by atoms with van der Waals surface area (Å²) in [4.78, 5) is 4.35. The number of pyridine rings is 1. The van der Waals surface area contributed by atoms with Gasteiger partial charge in [0.1, 0.15) is 5.82 Å². The largest absolute Gasteiger partial charge is 0.348 e. The Morgan fingerprint density at radius 1 is 1.00 bits per heavy atom. The summed E-state index contributed by atoms with van der Waals surface area (Å²) in [6.45, 7) is 13.7. The van der Waals surface area contributed by atoms with Gasteiger partial charge < -0.3 is 5.09 Å². The predicted molar refractivity (Wildman–Crippen MR) is 74.3 cm³/mol. The molecule has 3 heteroatoms. The Hall–Kier alpha value is -0.620. The van der Waals surface area contributed by atoms with Gasteiger partial charge in [-0.15, -0.1) is 0 Å². The Kier molecular flexibility index (Phi) is 3.96. The highest BCUT2D eigenvalue weighted by molar-refractivity contribution is 7.62. The van der Waals surface area contributed by atoms with Crippen LogP contribution in [-0.2, 0) is 0 Å². The normalized spacial score (nSPS) is 12.9. The van der Waals surface area contributed by atoms with E-state index in [2.05, 4.69) is 51.6 Å². The van der Waals surface area contributed by atoms with E-state index in [-0.39, 0.29) is 18.4 Å². The quantitative estimate of drug-likeness (QED) is 0.768. The fourth-order valence-corrected chi connectivity index (χ4v) is 4.93. The van der Waals surface area contributed by atoms with Crippen molar-refractivity contribution in [1.29, 1.82) is 0 Å². The number of aromatic nitrogens is 1. The molecule has 1 heterocycles. The SMILES string of the molecule is CC(C)(C)P(Nc1ccccn1)C(C)(C)C. The minimum absolute atomic E-state index is 0.269. The molecule has 0 aliphatic heterocycles. The molecule has 0 atom stereocenters. The third kappa shape index (κ3) is 3.75. The van der Waals surface area contributed by atoms with Crippen LogP contribution >= 0.6 is 8.07 Å². The lowest BCUT2D eigenvalue weighted by atomic mass is 10.2. The topological polar surface area (TPSA) is 24.9 Å². The molecule has 1 aromatic rings. The molecule has 0 saturated carbocycles. The van der Waals surface area contributed by atoms with Crippen LogP contribution in [-0.4, -0.2) is 15.3 Å². The van der Waals surface area contributed by atoms with E-state index in [1.54, 1.807) is 0 Å². The van der Waals surface area contributed by atoms with Crippen LogP contribution in [0.4, 0.5) is 5.82 Å². The highest BCUT2D eigenvalue weighted by Crippen LogP contribution is 2.58. The van der Waals surface area contributed by atoms with Crippen molar-refractivity contribution in [3.63, 3.8) is 0 Å². The van der Waals surface area contributed by atoms with Crippen molar-refractivity contribution in [1.82, 2.24) is 4.98 Å². The van der Waals surface area contributed by atoms with Gasteiger partial charge in [0, 0.05) is 24.6 Å². The summed E-state index contributed by atoms with van der Waals surface area (Å²) in [5.41, 5.74) is 0. The fraction of sp³-hybridized carbons (Fsp3) is 0.615. The smallest absolute Gasteiger partial charge is 0.129 e. The van der Waals surface area contributed by atoms with Crippen LogP contribution in [0.5, 0.6) is 0 Å². The lowest BCUT2D eigenvalue weighted by Crippen LogP contribution is -2.28. The molecule has 1 aromatic heterocycles. The monoisotopic (exact) mass is 238 g/mol. The van der Waals surface area contributed by atoms with E-state index in [0.717, 1.165) is 5.82 Å². The van der Waals surface area contributed by atoms with Crippen LogP contribution in [0.15, 0.2) is 24.4 Å². The first-order chi connectivity index (χ1) is 7.21. The average molecular weight is 238 g/mol. The molecule has 0 unspecified atom stereocenters. The number of nitrogens with one attached hydrogen (secondary N) is 1. The number of nitrogens with zero attached hydrogens (tertiary/aromatic N) is 1. The van der Waals surface area contributed by atoms with Gasteiger partial charge in [0.25, 0.3) is 0 Å². The van der Waals surface area contributed by atoms with Crippen molar-refractivity contribution < 1.29 is 0 Å². The molecule has 0 aliphatic carbocycles. The van der Waals surface area contributed by atoms with Crippen LogP contribution in [0.2, 0.25) is 0 Å². The molecule has 1 N–H and O–H groups in total. The van der Waals surface area contributed by atoms with E-state index in [4.69, 9.17) is 0 Å². The zero-order valence-corrected chi connectivity index (χ0v) is 12.1. The lowest BCUT2D eigenvalue weighted by Gasteiger charge is -2.41. The highest BCUT2D eigenvalue weighted by atomic mass is 31.1. The molecule has 1 rings (SSSR count). The van der Waals surface area contributed by atoms with Crippen LogP contribution in [0.25, 0.3) is 0 Å². The van der Waals surface area contributed by atoms with Crippen LogP contribution in [0.1, 0.15) is 41.5 Å². The summed E-state index contributed by atoms with van der Waals surface area (Å²) >= 11 is 0. The third-order valence-electron chi connectivity index (χ3n) is 2.23. The Morgan fingerprint density at radius 3 is 1.94 bits per heavy atom. The van der Waals surface area contributed by atoms with Gasteiger partial charge in [0.2, 0.25) is 0 Å². The molecule has 0 saturated heterocycles. The Bertz CT molecular complexity index is 308. The summed E-state index contributed by atoms with van der Waals surface area (Å²) in [6.07, 6.45) is 1.83. The molecule has 0 radical (unpaired) electrons. The lowest BCUT2D eigenvalue weighted by molar-refractivity contribution is 0.710. The second-order valence-corrected chi connectivity index (χ2v) is 9.58. The number of hydrogen-bond donors (Lipinski definition) is 1. The van der Waals surface area contributed by atoms with Crippen molar-refractivity contribution in [2.75, 3.05) is 5.09 Å². The molecule has 0 fully saturated rings. The molecular weight excluding hydrogens is 215 g/mol. The minimum atomic E-state index is -0.332. The Balaban J connectivity index is 2.89. The van der Waals surface area contributed by atoms with Crippen molar-refractivity contribution in [2.24, 2.45) is 0 Å². The van der Waals surface area contributed by atoms with E-state index in [1.807, 2.05) is 24.4 Å². The summed E-state index contributed by atoms with van der Waals surface area (Å²) in [7, 11) is -0.332. The zero-order valence-electron chi connectivity index (χ0n) is 11.2. The maximum absolute atomic E-state index is 4.35. The predicted octanol–water partition coefficient (Wildman–Crippen LogP) is 4.49. The van der Waals surface area contributed by atoms with Gasteiger partial charge in [0.05, 0.1) is 0 Å². The first kappa shape index (κ1) is 13.4. The second-order valence-electron chi connectivity index (χ2n) is 6.00. The zero-order chi connectivity index (χ0) is 12.4. The summed E-state index contributed by atoms with van der Waals surface area (Å²) in [5.74, 6) is 0.985. The minimum Gasteiger partial charge on any atom is -0.348 e. The van der Waals surface area contributed by atoms with Crippen molar-refractivity contribution in [3.05, 3.63) is 24.4 Å². The summed E-state index contributed by atoms with van der Waals surface area (Å²) in [6, 6.07) is 6.00. The van der Waals surface area contributed by atoms with Crippen molar-refractivity contribution >= 4 is 13.9 Å². The first-order valence-corrected chi connectivity index (χ1v) is 7.03. The van der Waals surface area contributed by atoms with Crippen LogP contribution in [0, 0.1) is 0 Å². The Labute approximate surface area is 101 Å². The van der Waals surface area contributed by atoms with Gasteiger partial charge in [-0.1, -0.05) is 47.6 Å². The maximum atomic E-state index is 4.35. The number of hydrogen-bond acceptors (Lipinski definition) is 2. The van der Waals surface area contributed by atoms with E-state index >= 15 is 0 Å². The van der Waals surface area contributed by atoms with Gasteiger partial charge in [0.15, 0.2) is 0 Å². The standard InChI is InChI=1S/C13H23N2P/c1-12(2,3)16(13(4,5)6)15-11-9-7-8-10-14-11/h7-10H,1-6H3,(H,14,15). The highest BCUT2D eigenvalue weighted by Gasteiger charge is 2.34. The Morgan fingerprint density at radius 2 is 1.56 bits per heavy atom. The number of rotatable bonds is 2.